The summed E-state index contributed by atoms with van der Waals surface area (Å²) in [4.78, 5) is 27.0. The van der Waals surface area contributed by atoms with E-state index in [1.54, 1.807) is 6.26 Å². The van der Waals surface area contributed by atoms with Gasteiger partial charge in [-0.3, -0.25) is 9.59 Å². The number of carbonyl (C=O) groups excluding carboxylic acids is 2. The van der Waals surface area contributed by atoms with Gasteiger partial charge in [-0.05, 0) is 36.7 Å². The molecule has 4 heteroatoms. The van der Waals surface area contributed by atoms with E-state index >= 15 is 0 Å². The van der Waals surface area contributed by atoms with Crippen molar-refractivity contribution in [2.45, 2.75) is 58.7 Å². The summed E-state index contributed by atoms with van der Waals surface area (Å²) in [6, 6.07) is 0. The third-order valence-electron chi connectivity index (χ3n) is 9.18. The summed E-state index contributed by atoms with van der Waals surface area (Å²) in [7, 11) is 0. The normalized spacial score (nSPS) is 60.7. The number of Topliss-reactive ketones (excluding diaryl/α,β-unsaturated/α-hetero) is 1. The first-order valence-corrected chi connectivity index (χ1v) is 9.40. The summed E-state index contributed by atoms with van der Waals surface area (Å²) >= 11 is 0. The zero-order chi connectivity index (χ0) is 16.7. The molecule has 128 valence electrons. The maximum Gasteiger partial charge on any atom is 0.313 e. The van der Waals surface area contributed by atoms with Crippen molar-refractivity contribution in [1.82, 2.24) is 0 Å². The lowest BCUT2D eigenvalue weighted by Crippen LogP contribution is -2.76. The van der Waals surface area contributed by atoms with E-state index in [4.69, 9.17) is 9.47 Å². The smallest absolute Gasteiger partial charge is 0.313 e. The van der Waals surface area contributed by atoms with Crippen molar-refractivity contribution >= 4 is 11.8 Å². The van der Waals surface area contributed by atoms with Crippen LogP contribution >= 0.6 is 0 Å². The number of ketones is 1. The van der Waals surface area contributed by atoms with Gasteiger partial charge in [-0.15, -0.1) is 0 Å². The minimum atomic E-state index is -0.592. The molecule has 5 fully saturated rings. The topological polar surface area (TPSA) is 52.6 Å². The second-order valence-electron chi connectivity index (χ2n) is 9.95. The third kappa shape index (κ3) is 0.974. The van der Waals surface area contributed by atoms with Gasteiger partial charge in [0, 0.05) is 11.3 Å². The highest BCUT2D eigenvalue weighted by Crippen LogP contribution is 2.84. The van der Waals surface area contributed by atoms with Gasteiger partial charge in [-0.25, -0.2) is 0 Å². The molecule has 4 saturated carbocycles. The molecule has 0 radical (unpaired) electrons. The van der Waals surface area contributed by atoms with Crippen molar-refractivity contribution in [1.29, 1.82) is 0 Å². The highest BCUT2D eigenvalue weighted by molar-refractivity contribution is 5.97. The van der Waals surface area contributed by atoms with Crippen LogP contribution < -0.4 is 0 Å². The van der Waals surface area contributed by atoms with E-state index in [1.165, 1.54) is 0 Å². The number of ether oxygens (including phenoxy) is 2. The Bertz CT molecular complexity index is 738. The third-order valence-corrected chi connectivity index (χ3v) is 9.18. The van der Waals surface area contributed by atoms with Crippen molar-refractivity contribution in [2.75, 3.05) is 0 Å². The van der Waals surface area contributed by atoms with Gasteiger partial charge in [-0.2, -0.15) is 0 Å². The molecule has 1 unspecified atom stereocenters. The van der Waals surface area contributed by atoms with Crippen LogP contribution in [-0.2, 0) is 19.1 Å². The highest BCUT2D eigenvalue weighted by Gasteiger charge is 2.90. The predicted molar refractivity (Wildman–Crippen MR) is 84.6 cm³/mol. The van der Waals surface area contributed by atoms with Gasteiger partial charge < -0.3 is 9.47 Å². The monoisotopic (exact) mass is 328 g/mol. The lowest BCUT2D eigenvalue weighted by molar-refractivity contribution is -0.246. The van der Waals surface area contributed by atoms with E-state index in [1.807, 2.05) is 0 Å². The van der Waals surface area contributed by atoms with Crippen LogP contribution in [0.15, 0.2) is 12.3 Å². The molecule has 0 aromatic rings. The lowest BCUT2D eigenvalue weighted by Gasteiger charge is -2.69. The minimum Gasteiger partial charge on any atom is -0.496 e. The maximum absolute atomic E-state index is 13.7. The van der Waals surface area contributed by atoms with Gasteiger partial charge in [-0.1, -0.05) is 27.2 Å². The average molecular weight is 328 g/mol. The molecule has 0 amide bonds. The zero-order valence-electron chi connectivity index (χ0n) is 14.5. The van der Waals surface area contributed by atoms with Crippen molar-refractivity contribution in [3.05, 3.63) is 12.3 Å². The average Bonchev–Trinajstić information content (AvgIpc) is 2.97. The SMILES string of the molecule is CC1(C)CCC[C@]23C(=O)O[C@@H]4C[C@H]2[C@]2(C)[C@H](C(=O)[C@H]13)C1OC=C[C@@]142. The Labute approximate surface area is 141 Å². The number of hydrogen-bond acceptors (Lipinski definition) is 4. The first-order chi connectivity index (χ1) is 11.3. The largest absolute Gasteiger partial charge is 0.496 e. The minimum absolute atomic E-state index is 0.0764. The summed E-state index contributed by atoms with van der Waals surface area (Å²) in [6.45, 7) is 6.59. The Morgan fingerprint density at radius 1 is 1.17 bits per heavy atom. The van der Waals surface area contributed by atoms with E-state index < -0.39 is 5.41 Å². The van der Waals surface area contributed by atoms with Crippen molar-refractivity contribution in [2.24, 2.45) is 39.4 Å². The molecule has 2 aliphatic heterocycles. The molecule has 2 heterocycles. The standard InChI is InChI=1S/C20H24O4/c1-17(2)5-4-6-19-10-9-11(24-16(19)22)20-7-8-23-15(20)12(18(10,20)3)13(21)14(17)19/h7-8,10-12,14-15H,4-6,9H2,1-3H3/t10-,11+,12+,14+,15?,18+,19-,20-/m0/s1. The lowest BCUT2D eigenvalue weighted by atomic mass is 9.31. The van der Waals surface area contributed by atoms with Crippen LogP contribution in [0.1, 0.15) is 46.5 Å². The number of fused-ring (bicyclic) bond motifs is 2. The molecule has 6 rings (SSSR count). The summed E-state index contributed by atoms with van der Waals surface area (Å²) in [5.41, 5.74) is -1.17. The van der Waals surface area contributed by atoms with Crippen LogP contribution in [0.25, 0.3) is 0 Å². The fraction of sp³-hybridized carbons (Fsp3) is 0.800. The Morgan fingerprint density at radius 2 is 1.96 bits per heavy atom. The maximum atomic E-state index is 13.7. The van der Waals surface area contributed by atoms with E-state index in [-0.39, 0.29) is 58.0 Å². The van der Waals surface area contributed by atoms with E-state index in [9.17, 15) is 9.59 Å². The molecule has 0 aromatic heterocycles. The van der Waals surface area contributed by atoms with Crippen LogP contribution in [0.3, 0.4) is 0 Å². The molecule has 0 N–H and O–H groups in total. The summed E-state index contributed by atoms with van der Waals surface area (Å²) < 4.78 is 12.0. The van der Waals surface area contributed by atoms with Crippen LogP contribution in [0.5, 0.6) is 0 Å². The van der Waals surface area contributed by atoms with Crippen molar-refractivity contribution in [3.63, 3.8) is 0 Å². The Hall–Kier alpha value is -1.32. The molecule has 2 bridgehead atoms. The molecule has 2 spiro atoms. The zero-order valence-corrected chi connectivity index (χ0v) is 14.5. The molecule has 8 atom stereocenters. The van der Waals surface area contributed by atoms with Gasteiger partial charge in [0.1, 0.15) is 18.0 Å². The van der Waals surface area contributed by atoms with Gasteiger partial charge in [0.05, 0.1) is 23.0 Å². The van der Waals surface area contributed by atoms with Crippen molar-refractivity contribution in [3.8, 4) is 0 Å². The highest BCUT2D eigenvalue weighted by atomic mass is 16.6. The number of hydrogen-bond donors (Lipinski definition) is 0. The predicted octanol–water partition coefficient (Wildman–Crippen LogP) is 2.86. The van der Waals surface area contributed by atoms with E-state index in [0.29, 0.717) is 0 Å². The van der Waals surface area contributed by atoms with Gasteiger partial charge >= 0.3 is 5.97 Å². The second-order valence-corrected chi connectivity index (χ2v) is 9.95. The summed E-state index contributed by atoms with van der Waals surface area (Å²) in [5.74, 6) is 0.161. The van der Waals surface area contributed by atoms with Crippen LogP contribution in [0, 0.1) is 39.4 Å². The quantitative estimate of drug-likeness (QED) is 0.642. The number of esters is 1. The molecule has 0 aromatic carbocycles. The van der Waals surface area contributed by atoms with Gasteiger partial charge in [0.25, 0.3) is 0 Å². The van der Waals surface area contributed by atoms with E-state index in [2.05, 4.69) is 26.8 Å². The Morgan fingerprint density at radius 3 is 2.75 bits per heavy atom. The molecule has 4 aliphatic carbocycles. The van der Waals surface area contributed by atoms with Crippen LogP contribution in [-0.4, -0.2) is 24.0 Å². The summed E-state index contributed by atoms with van der Waals surface area (Å²) in [5, 5.41) is 0. The van der Waals surface area contributed by atoms with Gasteiger partial charge in [0.2, 0.25) is 0 Å². The van der Waals surface area contributed by atoms with Crippen LogP contribution in [0.4, 0.5) is 0 Å². The Kier molecular flexibility index (Phi) is 2.01. The molecular formula is C20H24O4. The first kappa shape index (κ1) is 13.9. The fourth-order valence-corrected chi connectivity index (χ4v) is 8.53. The summed E-state index contributed by atoms with van der Waals surface area (Å²) in [6.07, 6.45) is 7.39. The van der Waals surface area contributed by atoms with Crippen LogP contribution in [0.2, 0.25) is 0 Å². The fourth-order valence-electron chi connectivity index (χ4n) is 8.53. The molecule has 1 saturated heterocycles. The second kappa shape index (κ2) is 3.47. The number of carbonyl (C=O) groups is 2. The van der Waals surface area contributed by atoms with E-state index in [0.717, 1.165) is 25.7 Å². The molecular weight excluding hydrogens is 304 g/mol. The molecule has 6 aliphatic rings. The Balaban J connectivity index is 1.66. The van der Waals surface area contributed by atoms with Crippen molar-refractivity contribution < 1.29 is 19.1 Å². The number of rotatable bonds is 0. The molecule has 4 nitrogen and oxygen atoms in total. The van der Waals surface area contributed by atoms with Gasteiger partial charge in [0.15, 0.2) is 0 Å². The molecule has 24 heavy (non-hydrogen) atoms. The first-order valence-electron chi connectivity index (χ1n) is 9.40.